The summed E-state index contributed by atoms with van der Waals surface area (Å²) in [5, 5.41) is 10.8. The summed E-state index contributed by atoms with van der Waals surface area (Å²) in [5.41, 5.74) is -0.0628. The molecule has 0 aromatic carbocycles. The minimum absolute atomic E-state index is 0.0372. The Hall–Kier alpha value is -0.120. The Balaban J connectivity index is 2.18. The third-order valence-electron chi connectivity index (χ3n) is 2.61. The Kier molecular flexibility index (Phi) is 4.35. The fraction of sp³-hybridized carbons (Fsp3) is 1.00. The summed E-state index contributed by atoms with van der Waals surface area (Å²) >= 11 is 0. The molecule has 1 rings (SSSR count). The number of ether oxygens (including phenoxy) is 1. The van der Waals surface area contributed by atoms with Crippen molar-refractivity contribution in [2.45, 2.75) is 45.3 Å². The number of rotatable bonds is 4. The molecule has 0 spiro atoms. The predicted molar refractivity (Wildman–Crippen MR) is 55.9 cm³/mol. The van der Waals surface area contributed by atoms with Crippen LogP contribution in [0.4, 0.5) is 0 Å². The molecule has 1 unspecified atom stereocenters. The van der Waals surface area contributed by atoms with E-state index in [1.165, 1.54) is 6.42 Å². The first-order chi connectivity index (χ1) is 6.53. The quantitative estimate of drug-likeness (QED) is 0.692. The zero-order chi connectivity index (χ0) is 10.6. The molecule has 1 aliphatic rings. The van der Waals surface area contributed by atoms with Gasteiger partial charge in [-0.3, -0.25) is 4.90 Å². The van der Waals surface area contributed by atoms with E-state index in [-0.39, 0.29) is 18.2 Å². The lowest BCUT2D eigenvalue weighted by Gasteiger charge is -2.25. The maximum Gasteiger partial charge on any atom is 0.0977 e. The second-order valence-corrected chi connectivity index (χ2v) is 4.96. The molecule has 0 N–H and O–H groups in total. The number of likely N-dealkylation sites (tertiary alicyclic amines) is 1. The lowest BCUT2D eigenvalue weighted by Crippen LogP contribution is -2.36. The average Bonchev–Trinajstić information content (AvgIpc) is 2.49. The molecule has 0 aliphatic carbocycles. The molecule has 3 nitrogen and oxygen atoms in total. The molecule has 0 aromatic heterocycles. The molecule has 1 aliphatic heterocycles. The average molecular weight is 200 g/mol. The van der Waals surface area contributed by atoms with Crippen molar-refractivity contribution < 1.29 is 9.84 Å². The number of nitrogens with zero attached hydrogens (tertiary/aromatic N) is 1. The highest BCUT2D eigenvalue weighted by atomic mass is 16.5. The van der Waals surface area contributed by atoms with Gasteiger partial charge in [0.05, 0.1) is 18.8 Å². The van der Waals surface area contributed by atoms with Crippen molar-refractivity contribution in [3.05, 3.63) is 0 Å². The lowest BCUT2D eigenvalue weighted by atomic mass is 10.2. The lowest BCUT2D eigenvalue weighted by molar-refractivity contribution is -0.0181. The topological polar surface area (TPSA) is 32.4 Å². The molecule has 0 bridgehead atoms. The van der Waals surface area contributed by atoms with Gasteiger partial charge in [-0.15, -0.1) is 0 Å². The van der Waals surface area contributed by atoms with Crippen molar-refractivity contribution in [2.75, 3.05) is 26.3 Å². The van der Waals surface area contributed by atoms with Crippen LogP contribution < -0.4 is 0 Å². The number of hydrogen-bond acceptors (Lipinski definition) is 2. The molecule has 1 fully saturated rings. The molecule has 1 heterocycles. The van der Waals surface area contributed by atoms with Gasteiger partial charge in [0.15, 0.2) is 0 Å². The van der Waals surface area contributed by atoms with Gasteiger partial charge < -0.3 is 4.74 Å². The molecular weight excluding hydrogens is 178 g/mol. The Morgan fingerprint density at radius 1 is 1.43 bits per heavy atom. The van der Waals surface area contributed by atoms with E-state index < -0.39 is 0 Å². The van der Waals surface area contributed by atoms with Crippen LogP contribution in [0.1, 0.15) is 33.6 Å². The Morgan fingerprint density at radius 3 is 2.71 bits per heavy atom. The third-order valence-corrected chi connectivity index (χ3v) is 2.61. The second kappa shape index (κ2) is 5.10. The minimum Gasteiger partial charge on any atom is -0.375 e. The van der Waals surface area contributed by atoms with Crippen LogP contribution in [0.15, 0.2) is 0 Å². The van der Waals surface area contributed by atoms with Gasteiger partial charge in [-0.25, -0.2) is 5.11 Å². The van der Waals surface area contributed by atoms with E-state index in [1.54, 1.807) is 0 Å². The predicted octanol–water partition coefficient (Wildman–Crippen LogP) is 1.70. The molecular formula is C11H22NO2. The first-order valence-corrected chi connectivity index (χ1v) is 5.49. The summed E-state index contributed by atoms with van der Waals surface area (Å²) in [6.07, 6.45) is 2.24. The molecule has 1 atom stereocenters. The van der Waals surface area contributed by atoms with E-state index in [0.29, 0.717) is 0 Å². The van der Waals surface area contributed by atoms with Crippen LogP contribution in [0.2, 0.25) is 0 Å². The van der Waals surface area contributed by atoms with Crippen molar-refractivity contribution in [1.29, 1.82) is 0 Å². The summed E-state index contributed by atoms with van der Waals surface area (Å²) in [6.45, 7) is 8.92. The summed E-state index contributed by atoms with van der Waals surface area (Å²) in [7, 11) is 0. The zero-order valence-corrected chi connectivity index (χ0v) is 9.58. The SMILES string of the molecule is CC(C)(C)OCCN1CCCC1C[O]. The summed E-state index contributed by atoms with van der Waals surface area (Å²) in [5.74, 6) is 0. The van der Waals surface area contributed by atoms with Gasteiger partial charge in [0.25, 0.3) is 0 Å². The van der Waals surface area contributed by atoms with Crippen LogP contribution in [-0.2, 0) is 9.84 Å². The van der Waals surface area contributed by atoms with Gasteiger partial charge >= 0.3 is 0 Å². The van der Waals surface area contributed by atoms with E-state index in [0.717, 1.165) is 26.1 Å². The molecule has 0 aromatic rings. The van der Waals surface area contributed by atoms with Crippen molar-refractivity contribution in [3.8, 4) is 0 Å². The minimum atomic E-state index is -0.0628. The van der Waals surface area contributed by atoms with Crippen LogP contribution in [0.5, 0.6) is 0 Å². The van der Waals surface area contributed by atoms with E-state index in [1.807, 2.05) is 0 Å². The molecule has 3 heteroatoms. The maximum absolute atomic E-state index is 10.8. The monoisotopic (exact) mass is 200 g/mol. The van der Waals surface area contributed by atoms with Crippen molar-refractivity contribution in [2.24, 2.45) is 0 Å². The highest BCUT2D eigenvalue weighted by Gasteiger charge is 2.24. The van der Waals surface area contributed by atoms with Gasteiger partial charge in [0.2, 0.25) is 0 Å². The highest BCUT2D eigenvalue weighted by Crippen LogP contribution is 2.16. The fourth-order valence-corrected chi connectivity index (χ4v) is 1.85. The molecule has 1 saturated heterocycles. The Bertz CT molecular complexity index is 165. The van der Waals surface area contributed by atoms with Crippen molar-refractivity contribution in [3.63, 3.8) is 0 Å². The first-order valence-electron chi connectivity index (χ1n) is 5.49. The van der Waals surface area contributed by atoms with Crippen LogP contribution >= 0.6 is 0 Å². The summed E-state index contributed by atoms with van der Waals surface area (Å²) in [4.78, 5) is 2.26. The number of hydrogen-bond donors (Lipinski definition) is 0. The van der Waals surface area contributed by atoms with Crippen molar-refractivity contribution in [1.82, 2.24) is 4.90 Å². The third kappa shape index (κ3) is 3.95. The highest BCUT2D eigenvalue weighted by molar-refractivity contribution is 4.78. The van der Waals surface area contributed by atoms with E-state index in [4.69, 9.17) is 4.74 Å². The molecule has 1 radical (unpaired) electrons. The van der Waals surface area contributed by atoms with Crippen LogP contribution in [0.3, 0.4) is 0 Å². The van der Waals surface area contributed by atoms with E-state index >= 15 is 0 Å². The van der Waals surface area contributed by atoms with Crippen LogP contribution in [0.25, 0.3) is 0 Å². The summed E-state index contributed by atoms with van der Waals surface area (Å²) < 4.78 is 5.64. The summed E-state index contributed by atoms with van der Waals surface area (Å²) in [6, 6.07) is 0.263. The smallest absolute Gasteiger partial charge is 0.0977 e. The fourth-order valence-electron chi connectivity index (χ4n) is 1.85. The van der Waals surface area contributed by atoms with E-state index in [9.17, 15) is 5.11 Å². The Morgan fingerprint density at radius 2 is 2.14 bits per heavy atom. The van der Waals surface area contributed by atoms with Gasteiger partial charge in [-0.2, -0.15) is 0 Å². The maximum atomic E-state index is 10.8. The standard InChI is InChI=1S/C11H22NO2/c1-11(2,3)14-8-7-12-6-4-5-10(12)9-13/h10H,4-9H2,1-3H3. The molecule has 83 valence electrons. The van der Waals surface area contributed by atoms with Gasteiger partial charge in [-0.05, 0) is 40.2 Å². The normalized spacial score (nSPS) is 24.4. The van der Waals surface area contributed by atoms with Crippen LogP contribution in [0, 0.1) is 0 Å². The van der Waals surface area contributed by atoms with Gasteiger partial charge in [-0.1, -0.05) is 0 Å². The molecule has 0 saturated carbocycles. The Labute approximate surface area is 87.1 Å². The van der Waals surface area contributed by atoms with Crippen LogP contribution in [-0.4, -0.2) is 42.8 Å². The molecule has 14 heavy (non-hydrogen) atoms. The second-order valence-electron chi connectivity index (χ2n) is 4.96. The zero-order valence-electron chi connectivity index (χ0n) is 9.58. The first kappa shape index (κ1) is 12.0. The molecule has 0 amide bonds. The van der Waals surface area contributed by atoms with Gasteiger partial charge in [0, 0.05) is 12.6 Å². The van der Waals surface area contributed by atoms with Gasteiger partial charge in [0.1, 0.15) is 0 Å². The van der Waals surface area contributed by atoms with E-state index in [2.05, 4.69) is 25.7 Å². The van der Waals surface area contributed by atoms with Crippen molar-refractivity contribution >= 4 is 0 Å². The largest absolute Gasteiger partial charge is 0.375 e.